The molecule has 2 aromatic rings. The lowest BCUT2D eigenvalue weighted by Gasteiger charge is -2.18. The van der Waals surface area contributed by atoms with Gasteiger partial charge in [0.05, 0.1) is 0 Å². The summed E-state index contributed by atoms with van der Waals surface area (Å²) in [7, 11) is 0. The summed E-state index contributed by atoms with van der Waals surface area (Å²) >= 11 is 5.56. The van der Waals surface area contributed by atoms with E-state index in [9.17, 15) is 0 Å². The number of hydrogen-bond acceptors (Lipinski definition) is 2. The molecule has 1 nitrogen and oxygen atoms in total. The van der Waals surface area contributed by atoms with E-state index < -0.39 is 0 Å². The molecule has 0 bridgehead atoms. The molecule has 1 aromatic heterocycles. The smallest absolute Gasteiger partial charge is 0.0178 e. The van der Waals surface area contributed by atoms with Crippen molar-refractivity contribution in [3.63, 3.8) is 0 Å². The largest absolute Gasteiger partial charge is 0.316 e. The van der Waals surface area contributed by atoms with E-state index >= 15 is 0 Å². The van der Waals surface area contributed by atoms with Gasteiger partial charge < -0.3 is 5.32 Å². The van der Waals surface area contributed by atoms with Crippen molar-refractivity contribution < 1.29 is 0 Å². The molecule has 0 aliphatic carbocycles. The van der Waals surface area contributed by atoms with Crippen LogP contribution in [0.5, 0.6) is 0 Å². The first-order valence-electron chi connectivity index (χ1n) is 7.76. The number of benzene rings is 1. The van der Waals surface area contributed by atoms with E-state index in [0.29, 0.717) is 5.92 Å². The molecule has 0 saturated heterocycles. The van der Waals surface area contributed by atoms with Crippen molar-refractivity contribution in [1.29, 1.82) is 0 Å². The van der Waals surface area contributed by atoms with Crippen LogP contribution in [0.4, 0.5) is 0 Å². The molecule has 0 radical (unpaired) electrons. The molecular weight excluding hydrogens is 342 g/mol. The number of nitrogens with one attached hydrogen (secondary N) is 1. The lowest BCUT2D eigenvalue weighted by atomic mass is 9.95. The van der Waals surface area contributed by atoms with E-state index in [4.69, 9.17) is 0 Å². The Bertz CT molecular complexity index is 550. The zero-order valence-corrected chi connectivity index (χ0v) is 15.3. The van der Waals surface area contributed by atoms with E-state index in [2.05, 4.69) is 71.5 Å². The van der Waals surface area contributed by atoms with Crippen LogP contribution >= 0.6 is 27.3 Å². The van der Waals surface area contributed by atoms with Crippen LogP contribution < -0.4 is 5.32 Å². The Labute approximate surface area is 140 Å². The minimum Gasteiger partial charge on any atom is -0.316 e. The molecule has 0 aliphatic heterocycles. The van der Waals surface area contributed by atoms with Gasteiger partial charge in [-0.2, -0.15) is 0 Å². The van der Waals surface area contributed by atoms with Gasteiger partial charge in [0.1, 0.15) is 0 Å². The number of aryl methyl sites for hydroxylation is 1. The van der Waals surface area contributed by atoms with Crippen LogP contribution in [-0.2, 0) is 12.8 Å². The zero-order chi connectivity index (χ0) is 15.1. The highest BCUT2D eigenvalue weighted by Gasteiger charge is 2.14. The Morgan fingerprint density at radius 3 is 2.62 bits per heavy atom. The predicted molar refractivity (Wildman–Crippen MR) is 97.4 cm³/mol. The standard InChI is InChI=1S/C18H24BrNS/c1-3-10-20-13-15(14-6-5-7-16(19)11-14)12-18-9-8-17(4-2)21-18/h5-9,11,15,20H,3-4,10,12-13H2,1-2H3. The Balaban J connectivity index is 2.11. The molecular formula is C18H24BrNS. The van der Waals surface area contributed by atoms with E-state index in [-0.39, 0.29) is 0 Å². The van der Waals surface area contributed by atoms with Crippen molar-refractivity contribution in [3.8, 4) is 0 Å². The van der Waals surface area contributed by atoms with Crippen molar-refractivity contribution in [3.05, 3.63) is 56.2 Å². The maximum atomic E-state index is 3.60. The topological polar surface area (TPSA) is 12.0 Å². The zero-order valence-electron chi connectivity index (χ0n) is 12.9. The lowest BCUT2D eigenvalue weighted by molar-refractivity contribution is 0.579. The first-order chi connectivity index (χ1) is 10.2. The third-order valence-corrected chi connectivity index (χ3v) is 5.40. The van der Waals surface area contributed by atoms with Crippen molar-refractivity contribution in [2.75, 3.05) is 13.1 Å². The second kappa shape index (κ2) is 8.72. The lowest BCUT2D eigenvalue weighted by Crippen LogP contribution is -2.23. The summed E-state index contributed by atoms with van der Waals surface area (Å²) in [6.07, 6.45) is 3.45. The van der Waals surface area contributed by atoms with Crippen molar-refractivity contribution in [1.82, 2.24) is 5.32 Å². The molecule has 21 heavy (non-hydrogen) atoms. The van der Waals surface area contributed by atoms with E-state index in [0.717, 1.165) is 25.9 Å². The average Bonchev–Trinajstić information content (AvgIpc) is 2.94. The minimum atomic E-state index is 0.539. The highest BCUT2D eigenvalue weighted by Crippen LogP contribution is 2.27. The second-order valence-corrected chi connectivity index (χ2v) is 7.55. The first kappa shape index (κ1) is 16.7. The monoisotopic (exact) mass is 365 g/mol. The highest BCUT2D eigenvalue weighted by molar-refractivity contribution is 9.10. The van der Waals surface area contributed by atoms with Crippen LogP contribution in [0.3, 0.4) is 0 Å². The molecule has 1 atom stereocenters. The summed E-state index contributed by atoms with van der Waals surface area (Å²) in [5.41, 5.74) is 1.42. The Morgan fingerprint density at radius 2 is 1.95 bits per heavy atom. The van der Waals surface area contributed by atoms with Crippen LogP contribution in [0.2, 0.25) is 0 Å². The van der Waals surface area contributed by atoms with Gasteiger partial charge in [0.25, 0.3) is 0 Å². The molecule has 0 saturated carbocycles. The van der Waals surface area contributed by atoms with Crippen molar-refractivity contribution in [2.45, 2.75) is 39.0 Å². The Hall–Kier alpha value is -0.640. The van der Waals surface area contributed by atoms with Gasteiger partial charge in [0, 0.05) is 26.7 Å². The SMILES string of the molecule is CCCNCC(Cc1ccc(CC)s1)c1cccc(Br)c1. The number of halogens is 1. The maximum Gasteiger partial charge on any atom is 0.0178 e. The normalized spacial score (nSPS) is 12.5. The van der Waals surface area contributed by atoms with Gasteiger partial charge in [-0.1, -0.05) is 41.9 Å². The average molecular weight is 366 g/mol. The predicted octanol–water partition coefficient (Wildman–Crippen LogP) is 5.40. The fourth-order valence-corrected chi connectivity index (χ4v) is 3.94. The highest BCUT2D eigenvalue weighted by atomic mass is 79.9. The summed E-state index contributed by atoms with van der Waals surface area (Å²) < 4.78 is 1.17. The molecule has 0 amide bonds. The molecule has 1 unspecified atom stereocenters. The van der Waals surface area contributed by atoms with Gasteiger partial charge in [0.2, 0.25) is 0 Å². The number of thiophene rings is 1. The molecule has 1 N–H and O–H groups in total. The van der Waals surface area contributed by atoms with Crippen LogP contribution in [0.1, 0.15) is 41.5 Å². The molecule has 0 aliphatic rings. The molecule has 0 fully saturated rings. The van der Waals surface area contributed by atoms with Crippen molar-refractivity contribution >= 4 is 27.3 Å². The molecule has 0 spiro atoms. The van der Waals surface area contributed by atoms with Crippen LogP contribution in [0.15, 0.2) is 40.9 Å². The quantitative estimate of drug-likeness (QED) is 0.617. The Kier molecular flexibility index (Phi) is 6.94. The van der Waals surface area contributed by atoms with E-state index in [1.165, 1.54) is 26.2 Å². The fourth-order valence-electron chi connectivity index (χ4n) is 2.49. The molecule has 3 heteroatoms. The van der Waals surface area contributed by atoms with Gasteiger partial charge >= 0.3 is 0 Å². The summed E-state index contributed by atoms with van der Waals surface area (Å²) in [5.74, 6) is 0.539. The van der Waals surface area contributed by atoms with E-state index in [1.54, 1.807) is 0 Å². The van der Waals surface area contributed by atoms with Gasteiger partial charge in [0.15, 0.2) is 0 Å². The Morgan fingerprint density at radius 1 is 1.14 bits per heavy atom. The van der Waals surface area contributed by atoms with Gasteiger partial charge in [-0.25, -0.2) is 0 Å². The van der Waals surface area contributed by atoms with Crippen LogP contribution in [0.25, 0.3) is 0 Å². The first-order valence-corrected chi connectivity index (χ1v) is 9.37. The number of hydrogen-bond donors (Lipinski definition) is 1. The van der Waals surface area contributed by atoms with Crippen LogP contribution in [0, 0.1) is 0 Å². The molecule has 1 aromatic carbocycles. The summed E-state index contributed by atoms with van der Waals surface area (Å²) in [4.78, 5) is 2.98. The van der Waals surface area contributed by atoms with Gasteiger partial charge in [-0.3, -0.25) is 0 Å². The molecule has 1 heterocycles. The molecule has 2 rings (SSSR count). The van der Waals surface area contributed by atoms with Gasteiger partial charge in [-0.05, 0) is 55.6 Å². The third-order valence-electron chi connectivity index (χ3n) is 3.65. The molecule has 114 valence electrons. The fraction of sp³-hybridized carbons (Fsp3) is 0.444. The van der Waals surface area contributed by atoms with Gasteiger partial charge in [-0.15, -0.1) is 11.3 Å². The summed E-state index contributed by atoms with van der Waals surface area (Å²) in [6.45, 7) is 6.58. The van der Waals surface area contributed by atoms with E-state index in [1.807, 2.05) is 11.3 Å². The maximum absolute atomic E-state index is 3.60. The minimum absolute atomic E-state index is 0.539. The van der Waals surface area contributed by atoms with Crippen LogP contribution in [-0.4, -0.2) is 13.1 Å². The second-order valence-electron chi connectivity index (χ2n) is 5.38. The summed E-state index contributed by atoms with van der Waals surface area (Å²) in [6, 6.07) is 13.3. The third kappa shape index (κ3) is 5.24. The summed E-state index contributed by atoms with van der Waals surface area (Å²) in [5, 5.41) is 3.58. The number of rotatable bonds is 8. The van der Waals surface area contributed by atoms with Crippen molar-refractivity contribution in [2.24, 2.45) is 0 Å².